The number of halogens is 3. The maximum Gasteiger partial charge on any atom is 0.250 e. The Balaban J connectivity index is 1.55. The van der Waals surface area contributed by atoms with Crippen molar-refractivity contribution < 1.29 is 14.3 Å². The van der Waals surface area contributed by atoms with Gasteiger partial charge in [-0.2, -0.15) is 5.10 Å². The van der Waals surface area contributed by atoms with Crippen molar-refractivity contribution in [1.82, 2.24) is 5.43 Å². The largest absolute Gasteiger partial charge is 0.493 e. The topological polar surface area (TPSA) is 59.9 Å². The first kappa shape index (κ1) is 25.4. The lowest BCUT2D eigenvalue weighted by molar-refractivity contribution is -0.118. The number of hydrogen-bond donors (Lipinski definition) is 1. The van der Waals surface area contributed by atoms with E-state index in [1.165, 1.54) is 17.3 Å². The highest BCUT2D eigenvalue weighted by Gasteiger charge is 2.13. The molecule has 9 heteroatoms. The minimum absolute atomic E-state index is 0.169. The number of nitrogens with zero attached hydrogens (tertiary/aromatic N) is 1. The van der Waals surface area contributed by atoms with Crippen LogP contribution in [0.2, 0.25) is 10.0 Å². The van der Waals surface area contributed by atoms with Gasteiger partial charge in [-0.05, 0) is 51.3 Å². The first-order valence-electron chi connectivity index (χ1n) is 9.84. The monoisotopic (exact) mass is 566 g/mol. The van der Waals surface area contributed by atoms with Gasteiger partial charge in [0.25, 0.3) is 0 Å². The Kier molecular flexibility index (Phi) is 9.94. The summed E-state index contributed by atoms with van der Waals surface area (Å²) in [6.07, 6.45) is 1.55. The number of hydrogen-bond acceptors (Lipinski definition) is 5. The van der Waals surface area contributed by atoms with Crippen LogP contribution in [-0.4, -0.2) is 25.0 Å². The number of rotatable bonds is 10. The molecule has 0 spiro atoms. The van der Waals surface area contributed by atoms with Crippen LogP contribution in [0.3, 0.4) is 0 Å². The molecule has 3 rings (SSSR count). The third-order valence-electron chi connectivity index (χ3n) is 4.39. The van der Waals surface area contributed by atoms with Crippen molar-refractivity contribution in [3.63, 3.8) is 0 Å². The molecule has 5 nitrogen and oxygen atoms in total. The highest BCUT2D eigenvalue weighted by molar-refractivity contribution is 9.10. The molecule has 0 bridgehead atoms. The van der Waals surface area contributed by atoms with E-state index in [0.717, 1.165) is 16.9 Å². The zero-order valence-corrected chi connectivity index (χ0v) is 21.6. The summed E-state index contributed by atoms with van der Waals surface area (Å²) in [6.45, 7) is 0.245. The summed E-state index contributed by atoms with van der Waals surface area (Å²) < 4.78 is 12.1. The normalized spacial score (nSPS) is 10.9. The molecular weight excluding hydrogens is 547 g/mol. The van der Waals surface area contributed by atoms with E-state index in [1.54, 1.807) is 31.5 Å². The van der Waals surface area contributed by atoms with Crippen LogP contribution in [-0.2, 0) is 17.2 Å². The quantitative estimate of drug-likeness (QED) is 0.218. The van der Waals surface area contributed by atoms with Crippen LogP contribution in [0.25, 0.3) is 0 Å². The van der Waals surface area contributed by atoms with Gasteiger partial charge in [-0.15, -0.1) is 11.8 Å². The van der Waals surface area contributed by atoms with Gasteiger partial charge in [0.2, 0.25) is 5.91 Å². The smallest absolute Gasteiger partial charge is 0.250 e. The predicted molar refractivity (Wildman–Crippen MR) is 140 cm³/mol. The fourth-order valence-corrected chi connectivity index (χ4v) is 4.61. The number of benzene rings is 3. The molecule has 0 aliphatic heterocycles. The zero-order valence-electron chi connectivity index (χ0n) is 17.7. The fourth-order valence-electron chi connectivity index (χ4n) is 2.79. The highest BCUT2D eigenvalue weighted by Crippen LogP contribution is 2.37. The SMILES string of the molecule is COc1cc(/C=N\NC(=O)CSCc2ccccc2)cc(Br)c1OCc1ccc(Cl)cc1Cl. The van der Waals surface area contributed by atoms with Crippen molar-refractivity contribution in [1.29, 1.82) is 0 Å². The second kappa shape index (κ2) is 12.9. The first-order chi connectivity index (χ1) is 16.0. The van der Waals surface area contributed by atoms with Crippen molar-refractivity contribution in [2.45, 2.75) is 12.4 Å². The number of hydrazone groups is 1. The fraction of sp³-hybridized carbons (Fsp3) is 0.167. The van der Waals surface area contributed by atoms with Gasteiger partial charge in [-0.25, -0.2) is 5.43 Å². The first-order valence-corrected chi connectivity index (χ1v) is 12.5. The number of amides is 1. The molecule has 1 amide bonds. The molecule has 172 valence electrons. The summed E-state index contributed by atoms with van der Waals surface area (Å²) in [5, 5.41) is 5.13. The van der Waals surface area contributed by atoms with Crippen LogP contribution in [0.15, 0.2) is 70.2 Å². The van der Waals surface area contributed by atoms with E-state index in [9.17, 15) is 4.79 Å². The van der Waals surface area contributed by atoms with E-state index in [-0.39, 0.29) is 12.5 Å². The van der Waals surface area contributed by atoms with Gasteiger partial charge in [0.15, 0.2) is 11.5 Å². The van der Waals surface area contributed by atoms with Crippen LogP contribution >= 0.6 is 50.9 Å². The summed E-state index contributed by atoms with van der Waals surface area (Å²) in [5.74, 6) is 1.96. The molecule has 0 aromatic heterocycles. The summed E-state index contributed by atoms with van der Waals surface area (Å²) in [6, 6.07) is 18.8. The molecule has 3 aromatic rings. The van der Waals surface area contributed by atoms with Gasteiger partial charge in [0, 0.05) is 21.4 Å². The highest BCUT2D eigenvalue weighted by atomic mass is 79.9. The van der Waals surface area contributed by atoms with Gasteiger partial charge in [-0.3, -0.25) is 4.79 Å². The van der Waals surface area contributed by atoms with Gasteiger partial charge in [0.05, 0.1) is 23.5 Å². The molecule has 0 radical (unpaired) electrons. The van der Waals surface area contributed by atoms with E-state index >= 15 is 0 Å². The molecule has 33 heavy (non-hydrogen) atoms. The second-order valence-corrected chi connectivity index (χ2v) is 9.51. The minimum Gasteiger partial charge on any atom is -0.493 e. The van der Waals surface area contributed by atoms with Crippen LogP contribution in [0.1, 0.15) is 16.7 Å². The molecule has 1 N–H and O–H groups in total. The molecule has 0 aliphatic rings. The molecule has 0 heterocycles. The Morgan fingerprint density at radius 2 is 1.94 bits per heavy atom. The van der Waals surface area contributed by atoms with Crippen molar-refractivity contribution in [3.05, 3.63) is 91.9 Å². The molecule has 0 unspecified atom stereocenters. The van der Waals surface area contributed by atoms with E-state index in [1.807, 2.05) is 42.5 Å². The lowest BCUT2D eigenvalue weighted by Gasteiger charge is -2.14. The Hall–Kier alpha value is -2.19. The minimum atomic E-state index is -0.169. The van der Waals surface area contributed by atoms with Gasteiger partial charge in [-0.1, -0.05) is 59.6 Å². The molecule has 0 saturated carbocycles. The molecular formula is C24H21BrCl2N2O3S. The van der Waals surface area contributed by atoms with Crippen molar-refractivity contribution in [3.8, 4) is 11.5 Å². The van der Waals surface area contributed by atoms with E-state index in [0.29, 0.717) is 31.8 Å². The molecule has 0 atom stereocenters. The Bertz CT molecular complexity index is 1130. The average Bonchev–Trinajstić information content (AvgIpc) is 2.80. The van der Waals surface area contributed by atoms with Crippen molar-refractivity contribution >= 4 is 63.0 Å². The standard InChI is InChI=1S/C24H21BrCl2N2O3S/c1-31-22-10-17(12-28-29-23(30)15-33-14-16-5-3-2-4-6-16)9-20(25)24(22)32-13-18-7-8-19(26)11-21(18)27/h2-12H,13-15H2,1H3,(H,29,30)/b28-12-. The second-order valence-electron chi connectivity index (χ2n) is 6.83. The zero-order chi connectivity index (χ0) is 23.6. The van der Waals surface area contributed by atoms with E-state index < -0.39 is 0 Å². The van der Waals surface area contributed by atoms with Crippen molar-refractivity contribution in [2.24, 2.45) is 5.10 Å². The van der Waals surface area contributed by atoms with E-state index in [4.69, 9.17) is 32.7 Å². The Labute approximate surface area is 215 Å². The number of carbonyl (C=O) groups excluding carboxylic acids is 1. The number of ether oxygens (including phenoxy) is 2. The molecule has 0 saturated heterocycles. The Morgan fingerprint density at radius 1 is 1.15 bits per heavy atom. The van der Waals surface area contributed by atoms with Gasteiger partial charge in [0.1, 0.15) is 6.61 Å². The van der Waals surface area contributed by atoms with Crippen LogP contribution in [0.5, 0.6) is 11.5 Å². The number of nitrogens with one attached hydrogen (secondary N) is 1. The van der Waals surface area contributed by atoms with Gasteiger partial charge >= 0.3 is 0 Å². The lowest BCUT2D eigenvalue weighted by atomic mass is 10.2. The van der Waals surface area contributed by atoms with Crippen LogP contribution in [0.4, 0.5) is 0 Å². The lowest BCUT2D eigenvalue weighted by Crippen LogP contribution is -2.19. The maximum absolute atomic E-state index is 12.0. The predicted octanol–water partition coefficient (Wildman–Crippen LogP) is 6.73. The third-order valence-corrected chi connectivity index (χ3v) is 6.57. The summed E-state index contributed by atoms with van der Waals surface area (Å²) >= 11 is 17.2. The number of thioether (sulfide) groups is 1. The summed E-state index contributed by atoms with van der Waals surface area (Å²) in [5.41, 5.74) is 5.25. The Morgan fingerprint density at radius 3 is 2.67 bits per heavy atom. The van der Waals surface area contributed by atoms with Gasteiger partial charge < -0.3 is 9.47 Å². The summed E-state index contributed by atoms with van der Waals surface area (Å²) in [4.78, 5) is 12.0. The van der Waals surface area contributed by atoms with E-state index in [2.05, 4.69) is 26.5 Å². The molecule has 0 aliphatic carbocycles. The van der Waals surface area contributed by atoms with Crippen LogP contribution in [0, 0.1) is 0 Å². The molecule has 0 fully saturated rings. The number of carbonyl (C=O) groups is 1. The van der Waals surface area contributed by atoms with Crippen LogP contribution < -0.4 is 14.9 Å². The maximum atomic E-state index is 12.0. The number of methoxy groups -OCH3 is 1. The third kappa shape index (κ3) is 7.96. The van der Waals surface area contributed by atoms with Crippen molar-refractivity contribution in [2.75, 3.05) is 12.9 Å². The average molecular weight is 568 g/mol. The summed E-state index contributed by atoms with van der Waals surface area (Å²) in [7, 11) is 1.55. The molecule has 3 aromatic carbocycles.